The maximum Gasteiger partial charge on any atom is 0.274 e. The molecule has 3 aromatic rings. The Hall–Kier alpha value is -2.44. The largest absolute Gasteiger partial charge is 0.465 e. The summed E-state index contributed by atoms with van der Waals surface area (Å²) in [4.78, 5) is 8.92. The number of hydrogen-bond donors (Lipinski definition) is 1. The van der Waals surface area contributed by atoms with E-state index in [1.54, 1.807) is 5.01 Å². The molecule has 24 heavy (non-hydrogen) atoms. The van der Waals surface area contributed by atoms with Crippen molar-refractivity contribution in [1.29, 1.82) is 0 Å². The van der Waals surface area contributed by atoms with Gasteiger partial charge in [0.1, 0.15) is 12.3 Å². The van der Waals surface area contributed by atoms with Gasteiger partial charge in [-0.1, -0.05) is 29.5 Å². The van der Waals surface area contributed by atoms with Crippen molar-refractivity contribution in [1.82, 2.24) is 9.97 Å². The molecule has 0 aliphatic rings. The molecule has 0 bridgehead atoms. The van der Waals surface area contributed by atoms with E-state index in [9.17, 15) is 0 Å². The number of anilines is 1. The van der Waals surface area contributed by atoms with E-state index in [0.29, 0.717) is 11.8 Å². The smallest absolute Gasteiger partial charge is 0.274 e. The average Bonchev–Trinajstić information content (AvgIpc) is 3.03. The summed E-state index contributed by atoms with van der Waals surface area (Å²) in [5.74, 6) is 5.90. The molecule has 0 saturated carbocycles. The Kier molecular flexibility index (Phi) is 4.78. The fourth-order valence-electron chi connectivity index (χ4n) is 2.40. The molecule has 1 aromatic carbocycles. The van der Waals surface area contributed by atoms with Gasteiger partial charge in [0.15, 0.2) is 0 Å². The Bertz CT molecular complexity index is 827. The Morgan fingerprint density at radius 2 is 2.00 bits per heavy atom. The minimum Gasteiger partial charge on any atom is -0.465 e. The molecular weight excluding hydrogens is 320 g/mol. The monoisotopic (exact) mass is 340 g/mol. The van der Waals surface area contributed by atoms with Gasteiger partial charge in [0, 0.05) is 24.2 Å². The van der Waals surface area contributed by atoms with Crippen molar-refractivity contribution in [3.05, 3.63) is 58.6 Å². The van der Waals surface area contributed by atoms with E-state index in [1.165, 1.54) is 11.3 Å². The lowest BCUT2D eigenvalue weighted by Gasteiger charge is -2.18. The summed E-state index contributed by atoms with van der Waals surface area (Å²) in [6.45, 7) is 4.49. The van der Waals surface area contributed by atoms with Crippen molar-refractivity contribution >= 4 is 17.0 Å². The molecule has 3 rings (SSSR count). The van der Waals surface area contributed by atoms with Crippen molar-refractivity contribution in [2.24, 2.45) is 5.84 Å². The highest BCUT2D eigenvalue weighted by molar-refractivity contribution is 7.11. The minimum atomic E-state index is 0.428. The number of aryl methyl sites for hydroxylation is 2. The van der Waals surface area contributed by atoms with Crippen LogP contribution in [0.1, 0.15) is 16.7 Å². The number of benzene rings is 1. The molecule has 0 aliphatic heterocycles. The fourth-order valence-corrected chi connectivity index (χ4v) is 3.06. The van der Waals surface area contributed by atoms with Crippen LogP contribution in [-0.4, -0.2) is 17.0 Å². The second kappa shape index (κ2) is 6.98. The van der Waals surface area contributed by atoms with Gasteiger partial charge in [-0.05, 0) is 37.1 Å². The zero-order valence-electron chi connectivity index (χ0n) is 14.0. The van der Waals surface area contributed by atoms with E-state index < -0.39 is 0 Å². The molecule has 0 unspecified atom stereocenters. The molecule has 0 radical (unpaired) electrons. The lowest BCUT2D eigenvalue weighted by molar-refractivity contribution is 0.304. The van der Waals surface area contributed by atoms with Gasteiger partial charge < -0.3 is 9.75 Å². The topological polar surface area (TPSA) is 64.3 Å². The molecule has 0 saturated heterocycles. The number of rotatable bonds is 5. The van der Waals surface area contributed by atoms with Gasteiger partial charge in [-0.25, -0.2) is 10.8 Å². The van der Waals surface area contributed by atoms with Gasteiger partial charge in [0.2, 0.25) is 0 Å². The van der Waals surface area contributed by atoms with Crippen molar-refractivity contribution in [2.45, 2.75) is 20.5 Å². The highest BCUT2D eigenvalue weighted by Gasteiger charge is 2.11. The summed E-state index contributed by atoms with van der Waals surface area (Å²) in [6.07, 6.45) is 1.84. The zero-order chi connectivity index (χ0) is 17.1. The highest BCUT2D eigenvalue weighted by Crippen LogP contribution is 2.28. The summed E-state index contributed by atoms with van der Waals surface area (Å²) in [5, 5.41) is 4.19. The Labute approximate surface area is 145 Å². The van der Waals surface area contributed by atoms with E-state index in [4.69, 9.17) is 10.6 Å². The molecule has 0 atom stereocenters. The first-order valence-electron chi connectivity index (χ1n) is 7.63. The van der Waals surface area contributed by atoms with Gasteiger partial charge in [0.05, 0.1) is 11.4 Å². The zero-order valence-corrected chi connectivity index (χ0v) is 14.8. The summed E-state index contributed by atoms with van der Waals surface area (Å²) in [6, 6.07) is 10.0. The lowest BCUT2D eigenvalue weighted by Crippen LogP contribution is -2.26. The van der Waals surface area contributed by atoms with Crippen molar-refractivity contribution < 1.29 is 4.74 Å². The Morgan fingerprint density at radius 1 is 1.17 bits per heavy atom. The molecule has 2 N–H and O–H groups in total. The molecule has 0 spiro atoms. The highest BCUT2D eigenvalue weighted by atomic mass is 32.1. The van der Waals surface area contributed by atoms with Crippen molar-refractivity contribution in [2.75, 3.05) is 12.1 Å². The van der Waals surface area contributed by atoms with E-state index in [2.05, 4.69) is 23.0 Å². The van der Waals surface area contributed by atoms with E-state index >= 15 is 0 Å². The van der Waals surface area contributed by atoms with Crippen LogP contribution in [-0.2, 0) is 6.61 Å². The number of hydrogen-bond acceptors (Lipinski definition) is 6. The molecule has 0 aliphatic carbocycles. The minimum absolute atomic E-state index is 0.428. The maximum absolute atomic E-state index is 5.90. The number of pyridine rings is 1. The molecule has 6 heteroatoms. The maximum atomic E-state index is 5.90. The van der Waals surface area contributed by atoms with Crippen LogP contribution in [0, 0.1) is 13.8 Å². The molecule has 0 amide bonds. The third kappa shape index (κ3) is 3.55. The second-order valence-electron chi connectivity index (χ2n) is 5.69. The predicted octanol–water partition coefficient (Wildman–Crippen LogP) is 3.71. The van der Waals surface area contributed by atoms with Gasteiger partial charge in [0.25, 0.3) is 5.19 Å². The number of thiazole rings is 1. The first-order chi connectivity index (χ1) is 11.5. The van der Waals surface area contributed by atoms with Crippen LogP contribution in [0.2, 0.25) is 0 Å². The average molecular weight is 340 g/mol. The van der Waals surface area contributed by atoms with Gasteiger partial charge in [-0.3, -0.25) is 4.98 Å². The number of nitrogens with zero attached hydrogens (tertiary/aromatic N) is 3. The van der Waals surface area contributed by atoms with Crippen LogP contribution >= 0.6 is 11.3 Å². The van der Waals surface area contributed by atoms with Crippen molar-refractivity contribution in [3.8, 4) is 16.6 Å². The molecule has 124 valence electrons. The van der Waals surface area contributed by atoms with Crippen LogP contribution in [0.3, 0.4) is 0 Å². The number of nitrogens with two attached hydrogens (primary N) is 1. The third-order valence-electron chi connectivity index (χ3n) is 3.76. The van der Waals surface area contributed by atoms with E-state index in [0.717, 1.165) is 33.8 Å². The van der Waals surface area contributed by atoms with Crippen LogP contribution in [0.15, 0.2) is 41.9 Å². The fraction of sp³-hybridized carbons (Fsp3) is 0.222. The molecule has 5 nitrogen and oxygen atoms in total. The molecule has 2 aromatic heterocycles. The standard InChI is InChI=1S/C18H20N4OS/c1-12-7-8-15(20-9-12)16-11-24-18(21-16)23-10-14-13(2)5-4-6-17(14)22(3)19/h4-9,11H,10,19H2,1-3H3. The quantitative estimate of drug-likeness (QED) is 0.566. The Morgan fingerprint density at radius 3 is 2.71 bits per heavy atom. The molecule has 0 fully saturated rings. The van der Waals surface area contributed by atoms with Crippen LogP contribution in [0.4, 0.5) is 5.69 Å². The lowest BCUT2D eigenvalue weighted by atomic mass is 10.1. The van der Waals surface area contributed by atoms with E-state index in [1.807, 2.05) is 49.8 Å². The SMILES string of the molecule is Cc1ccc(-c2csc(OCc3c(C)cccc3N(C)N)n2)nc1. The van der Waals surface area contributed by atoms with Crippen LogP contribution < -0.4 is 15.6 Å². The predicted molar refractivity (Wildman–Crippen MR) is 98.2 cm³/mol. The number of aromatic nitrogens is 2. The molecule has 2 heterocycles. The summed E-state index contributed by atoms with van der Waals surface area (Å²) in [5.41, 5.74) is 5.96. The van der Waals surface area contributed by atoms with Crippen LogP contribution in [0.5, 0.6) is 5.19 Å². The van der Waals surface area contributed by atoms with E-state index in [-0.39, 0.29) is 0 Å². The van der Waals surface area contributed by atoms with Gasteiger partial charge >= 0.3 is 0 Å². The normalized spacial score (nSPS) is 10.7. The summed E-state index contributed by atoms with van der Waals surface area (Å²) in [7, 11) is 1.82. The second-order valence-corrected chi connectivity index (χ2v) is 6.51. The Balaban J connectivity index is 1.76. The van der Waals surface area contributed by atoms with Crippen LogP contribution in [0.25, 0.3) is 11.4 Å². The third-order valence-corrected chi connectivity index (χ3v) is 4.51. The first kappa shape index (κ1) is 16.4. The van der Waals surface area contributed by atoms with Crippen molar-refractivity contribution in [3.63, 3.8) is 0 Å². The number of hydrazine groups is 1. The summed E-state index contributed by atoms with van der Waals surface area (Å²) >= 11 is 1.47. The molecular formula is C18H20N4OS. The first-order valence-corrected chi connectivity index (χ1v) is 8.51. The van der Waals surface area contributed by atoms with Gasteiger partial charge in [-0.15, -0.1) is 0 Å². The van der Waals surface area contributed by atoms with Gasteiger partial charge in [-0.2, -0.15) is 0 Å². The number of ether oxygens (including phenoxy) is 1. The summed E-state index contributed by atoms with van der Waals surface area (Å²) < 4.78 is 5.89.